The molecule has 0 atom stereocenters. The summed E-state index contributed by atoms with van der Waals surface area (Å²) in [5.74, 6) is -0.897. The van der Waals surface area contributed by atoms with Gasteiger partial charge in [-0.3, -0.25) is 4.79 Å². The summed E-state index contributed by atoms with van der Waals surface area (Å²) in [4.78, 5) is 17.6. The van der Waals surface area contributed by atoms with Crippen molar-refractivity contribution in [3.63, 3.8) is 0 Å². The average Bonchev–Trinajstić information content (AvgIpc) is 2.44. The predicted molar refractivity (Wildman–Crippen MR) is 78.0 cm³/mol. The summed E-state index contributed by atoms with van der Waals surface area (Å²) in [6, 6.07) is 7.43. The van der Waals surface area contributed by atoms with Gasteiger partial charge in [0.25, 0.3) is 5.91 Å². The Labute approximate surface area is 125 Å². The van der Waals surface area contributed by atoms with Crippen LogP contribution in [0.3, 0.4) is 0 Å². The Morgan fingerprint density at radius 3 is 2.70 bits per heavy atom. The third-order valence-electron chi connectivity index (χ3n) is 2.76. The molecule has 1 aromatic heterocycles. The minimum absolute atomic E-state index is 0.155. The van der Waals surface area contributed by atoms with E-state index in [0.29, 0.717) is 6.54 Å². The van der Waals surface area contributed by atoms with Gasteiger partial charge in [-0.1, -0.05) is 35.3 Å². The first-order chi connectivity index (χ1) is 9.54. The van der Waals surface area contributed by atoms with Crippen LogP contribution < -0.4 is 4.90 Å². The van der Waals surface area contributed by atoms with Crippen molar-refractivity contribution in [1.82, 2.24) is 4.98 Å². The van der Waals surface area contributed by atoms with Crippen LogP contribution in [0.5, 0.6) is 0 Å². The van der Waals surface area contributed by atoms with Crippen LogP contribution in [0, 0.1) is 5.82 Å². The minimum atomic E-state index is -0.473. The molecule has 0 radical (unpaired) electrons. The van der Waals surface area contributed by atoms with E-state index in [1.54, 1.807) is 19.1 Å². The molecular formula is C14H11Cl2FN2O. The topological polar surface area (TPSA) is 33.2 Å². The van der Waals surface area contributed by atoms with Crippen LogP contribution >= 0.6 is 23.2 Å². The van der Waals surface area contributed by atoms with E-state index in [4.69, 9.17) is 23.2 Å². The van der Waals surface area contributed by atoms with Crippen molar-refractivity contribution in [3.8, 4) is 0 Å². The van der Waals surface area contributed by atoms with E-state index < -0.39 is 11.7 Å². The molecule has 104 valence electrons. The van der Waals surface area contributed by atoms with Gasteiger partial charge in [-0.05, 0) is 25.1 Å². The second-order valence-corrected chi connectivity index (χ2v) is 4.78. The fraction of sp³-hybridized carbons (Fsp3) is 0.143. The number of halogens is 3. The number of benzene rings is 1. The zero-order valence-corrected chi connectivity index (χ0v) is 12.1. The second-order valence-electron chi connectivity index (χ2n) is 3.99. The molecule has 0 N–H and O–H groups in total. The monoisotopic (exact) mass is 312 g/mol. The lowest BCUT2D eigenvalue weighted by molar-refractivity contribution is 0.0987. The fourth-order valence-corrected chi connectivity index (χ4v) is 2.16. The normalized spacial score (nSPS) is 10.4. The lowest BCUT2D eigenvalue weighted by Gasteiger charge is -2.22. The van der Waals surface area contributed by atoms with Gasteiger partial charge in [0.1, 0.15) is 11.0 Å². The van der Waals surface area contributed by atoms with Crippen molar-refractivity contribution in [2.75, 3.05) is 11.4 Å². The number of nitrogens with zero attached hydrogens (tertiary/aromatic N) is 2. The van der Waals surface area contributed by atoms with E-state index in [0.717, 1.165) is 0 Å². The van der Waals surface area contributed by atoms with Gasteiger partial charge in [-0.25, -0.2) is 9.37 Å². The molecule has 0 unspecified atom stereocenters. The SMILES string of the molecule is CCN(C(=O)c1cc(Cl)ncc1Cl)c1ccccc1F. The number of para-hydroxylation sites is 1. The molecule has 0 saturated heterocycles. The zero-order chi connectivity index (χ0) is 14.7. The van der Waals surface area contributed by atoms with Crippen LogP contribution in [0.1, 0.15) is 17.3 Å². The molecule has 0 spiro atoms. The number of amides is 1. The molecule has 0 aliphatic carbocycles. The van der Waals surface area contributed by atoms with E-state index in [1.807, 2.05) is 0 Å². The molecule has 3 nitrogen and oxygen atoms in total. The number of anilines is 1. The number of carbonyl (C=O) groups is 1. The fourth-order valence-electron chi connectivity index (χ4n) is 1.82. The summed E-state index contributed by atoms with van der Waals surface area (Å²) in [6.45, 7) is 2.05. The highest BCUT2D eigenvalue weighted by Gasteiger charge is 2.21. The van der Waals surface area contributed by atoms with Gasteiger partial charge in [0.2, 0.25) is 0 Å². The number of aromatic nitrogens is 1. The molecule has 0 fully saturated rings. The maximum atomic E-state index is 13.8. The summed E-state index contributed by atoms with van der Waals surface area (Å²) in [5.41, 5.74) is 0.390. The predicted octanol–water partition coefficient (Wildman–Crippen LogP) is 4.19. The zero-order valence-electron chi connectivity index (χ0n) is 10.6. The third-order valence-corrected chi connectivity index (χ3v) is 3.26. The molecule has 20 heavy (non-hydrogen) atoms. The molecule has 0 aliphatic heterocycles. The highest BCUT2D eigenvalue weighted by atomic mass is 35.5. The van der Waals surface area contributed by atoms with Gasteiger partial charge in [-0.15, -0.1) is 0 Å². The number of pyridine rings is 1. The van der Waals surface area contributed by atoms with Crippen molar-refractivity contribution in [3.05, 3.63) is 58.1 Å². The molecule has 0 aliphatic rings. The first-order valence-electron chi connectivity index (χ1n) is 5.92. The largest absolute Gasteiger partial charge is 0.306 e. The van der Waals surface area contributed by atoms with Crippen LogP contribution in [0.2, 0.25) is 10.2 Å². The Hall–Kier alpha value is -1.65. The first kappa shape index (κ1) is 14.8. The molecule has 0 saturated carbocycles. The number of hydrogen-bond acceptors (Lipinski definition) is 2. The standard InChI is InChI=1S/C14H11Cl2FN2O/c1-2-19(12-6-4-3-5-11(12)17)14(20)9-7-13(16)18-8-10(9)15/h3-8H,2H2,1H3. The van der Waals surface area contributed by atoms with Crippen molar-refractivity contribution >= 4 is 34.8 Å². The van der Waals surface area contributed by atoms with Gasteiger partial charge in [0.05, 0.1) is 16.3 Å². The van der Waals surface area contributed by atoms with Gasteiger partial charge in [-0.2, -0.15) is 0 Å². The van der Waals surface area contributed by atoms with Crippen molar-refractivity contribution in [2.45, 2.75) is 6.92 Å². The highest BCUT2D eigenvalue weighted by Crippen LogP contribution is 2.25. The quantitative estimate of drug-likeness (QED) is 0.796. The van der Waals surface area contributed by atoms with Crippen LogP contribution in [0.15, 0.2) is 36.5 Å². The second kappa shape index (κ2) is 6.20. The molecule has 2 rings (SSSR count). The van der Waals surface area contributed by atoms with Crippen molar-refractivity contribution in [2.24, 2.45) is 0 Å². The van der Waals surface area contributed by atoms with Crippen molar-refractivity contribution < 1.29 is 9.18 Å². The molecule has 6 heteroatoms. The Bertz CT molecular complexity index is 649. The Morgan fingerprint density at radius 1 is 1.35 bits per heavy atom. The molecule has 2 aromatic rings. The van der Waals surface area contributed by atoms with E-state index in [1.165, 1.54) is 29.3 Å². The van der Waals surface area contributed by atoms with E-state index in [-0.39, 0.29) is 21.4 Å². The number of carbonyl (C=O) groups excluding carboxylic acids is 1. The van der Waals surface area contributed by atoms with Gasteiger partial charge in [0, 0.05) is 12.7 Å². The first-order valence-corrected chi connectivity index (χ1v) is 6.67. The van der Waals surface area contributed by atoms with E-state index in [2.05, 4.69) is 4.98 Å². The third kappa shape index (κ3) is 2.92. The van der Waals surface area contributed by atoms with E-state index >= 15 is 0 Å². The molecule has 1 amide bonds. The summed E-state index contributed by atoms with van der Waals surface area (Å²) in [6.07, 6.45) is 1.30. The van der Waals surface area contributed by atoms with Gasteiger partial charge < -0.3 is 4.90 Å². The summed E-state index contributed by atoms with van der Waals surface area (Å²) in [7, 11) is 0. The van der Waals surface area contributed by atoms with Gasteiger partial charge in [0.15, 0.2) is 0 Å². The molecule has 1 heterocycles. The van der Waals surface area contributed by atoms with Gasteiger partial charge >= 0.3 is 0 Å². The maximum Gasteiger partial charge on any atom is 0.260 e. The van der Waals surface area contributed by atoms with Crippen LogP contribution in [0.4, 0.5) is 10.1 Å². The van der Waals surface area contributed by atoms with E-state index in [9.17, 15) is 9.18 Å². The highest BCUT2D eigenvalue weighted by molar-refractivity contribution is 6.35. The molecule has 1 aromatic carbocycles. The maximum absolute atomic E-state index is 13.8. The molecule has 0 bridgehead atoms. The molecular weight excluding hydrogens is 302 g/mol. The summed E-state index contributed by atoms with van der Waals surface area (Å²) in [5, 5.41) is 0.330. The summed E-state index contributed by atoms with van der Waals surface area (Å²) >= 11 is 11.7. The average molecular weight is 313 g/mol. The van der Waals surface area contributed by atoms with Crippen molar-refractivity contribution in [1.29, 1.82) is 0 Å². The lowest BCUT2D eigenvalue weighted by atomic mass is 10.2. The lowest BCUT2D eigenvalue weighted by Crippen LogP contribution is -2.31. The number of rotatable bonds is 3. The van der Waals surface area contributed by atoms with Crippen LogP contribution in [-0.4, -0.2) is 17.4 Å². The Kier molecular flexibility index (Phi) is 4.57. The van der Waals surface area contributed by atoms with Crippen LogP contribution in [-0.2, 0) is 0 Å². The summed E-state index contributed by atoms with van der Waals surface area (Å²) < 4.78 is 13.8. The number of hydrogen-bond donors (Lipinski definition) is 0. The Morgan fingerprint density at radius 2 is 2.05 bits per heavy atom. The Balaban J connectivity index is 2.45. The minimum Gasteiger partial charge on any atom is -0.306 e. The smallest absolute Gasteiger partial charge is 0.260 e. The van der Waals surface area contributed by atoms with Crippen LogP contribution in [0.25, 0.3) is 0 Å².